The Balaban J connectivity index is 2.15. The van der Waals surface area contributed by atoms with Crippen LogP contribution in [0.1, 0.15) is 26.3 Å². The van der Waals surface area contributed by atoms with Gasteiger partial charge in [0, 0.05) is 12.0 Å². The van der Waals surface area contributed by atoms with Gasteiger partial charge in [0.25, 0.3) is 0 Å². The predicted molar refractivity (Wildman–Crippen MR) is 67.0 cm³/mol. The first-order chi connectivity index (χ1) is 8.93. The molecule has 19 heavy (non-hydrogen) atoms. The van der Waals surface area contributed by atoms with Gasteiger partial charge in [-0.1, -0.05) is 12.1 Å². The summed E-state index contributed by atoms with van der Waals surface area (Å²) in [6.07, 6.45) is -1.42. The average Bonchev–Trinajstić information content (AvgIpc) is 2.64. The summed E-state index contributed by atoms with van der Waals surface area (Å²) in [5.41, 5.74) is 0.593. The predicted octanol–water partition coefficient (Wildman–Crippen LogP) is 2.64. The lowest BCUT2D eigenvalue weighted by molar-refractivity contribution is -0.159. The summed E-state index contributed by atoms with van der Waals surface area (Å²) in [6.45, 7) is 5.60. The van der Waals surface area contributed by atoms with Gasteiger partial charge in [-0.25, -0.2) is 4.79 Å². The number of benzene rings is 1. The lowest BCUT2D eigenvalue weighted by Crippen LogP contribution is -2.26. The summed E-state index contributed by atoms with van der Waals surface area (Å²) in [6, 6.07) is 5.22. The summed E-state index contributed by atoms with van der Waals surface area (Å²) in [7, 11) is 0. The Labute approximate surface area is 111 Å². The molecule has 0 N–H and O–H groups in total. The van der Waals surface area contributed by atoms with Gasteiger partial charge in [-0.05, 0) is 26.8 Å². The van der Waals surface area contributed by atoms with Crippen LogP contribution in [0.2, 0.25) is 0 Å². The zero-order valence-corrected chi connectivity index (χ0v) is 11.2. The molecule has 1 aliphatic heterocycles. The van der Waals surface area contributed by atoms with Crippen molar-refractivity contribution in [3.8, 4) is 11.5 Å². The van der Waals surface area contributed by atoms with Crippen LogP contribution >= 0.6 is 0 Å². The molecule has 1 unspecified atom stereocenters. The van der Waals surface area contributed by atoms with E-state index in [1.54, 1.807) is 19.1 Å². The summed E-state index contributed by atoms with van der Waals surface area (Å²) < 4.78 is 28.9. The lowest BCUT2D eigenvalue weighted by Gasteiger charge is -2.18. The number of esters is 1. The van der Waals surface area contributed by atoms with Crippen LogP contribution in [0, 0.1) is 0 Å². The summed E-state index contributed by atoms with van der Waals surface area (Å²) in [5.74, 6) is -0.305. The molecule has 4 nitrogen and oxygen atoms in total. The van der Waals surface area contributed by atoms with Crippen molar-refractivity contribution in [2.24, 2.45) is 0 Å². The molecule has 0 fully saturated rings. The maximum atomic E-state index is 13.6. The van der Waals surface area contributed by atoms with Crippen molar-refractivity contribution in [3.05, 3.63) is 23.8 Å². The van der Waals surface area contributed by atoms with Crippen molar-refractivity contribution in [1.29, 1.82) is 0 Å². The minimum atomic E-state index is -2.14. The van der Waals surface area contributed by atoms with Crippen LogP contribution in [0.4, 0.5) is 4.39 Å². The van der Waals surface area contributed by atoms with E-state index in [1.165, 1.54) is 0 Å². The minimum Gasteiger partial charge on any atom is -0.483 e. The molecule has 0 spiro atoms. The molecule has 2 rings (SSSR count). The maximum Gasteiger partial charge on any atom is 0.381 e. The van der Waals surface area contributed by atoms with Gasteiger partial charge in [0.15, 0.2) is 11.5 Å². The number of halogens is 1. The SMILES string of the molecule is CCOC(=O)C(F)Oc1cccc2c1OC(C)(C)C2. The second kappa shape index (κ2) is 5.07. The molecular weight excluding hydrogens is 251 g/mol. The van der Waals surface area contributed by atoms with Gasteiger partial charge < -0.3 is 14.2 Å². The summed E-state index contributed by atoms with van der Waals surface area (Å²) in [5, 5.41) is 0. The highest BCUT2D eigenvalue weighted by Gasteiger charge is 2.33. The normalized spacial score (nSPS) is 17.3. The molecule has 0 saturated heterocycles. The molecule has 1 atom stereocenters. The molecule has 1 aromatic carbocycles. The molecule has 0 aromatic heterocycles. The number of hydrogen-bond acceptors (Lipinski definition) is 4. The molecule has 0 bridgehead atoms. The molecular formula is C14H17FO4. The van der Waals surface area contributed by atoms with E-state index in [1.807, 2.05) is 19.9 Å². The third kappa shape index (κ3) is 2.97. The molecule has 0 aliphatic carbocycles. The van der Waals surface area contributed by atoms with Crippen LogP contribution in [0.25, 0.3) is 0 Å². The van der Waals surface area contributed by atoms with Gasteiger partial charge in [0.1, 0.15) is 5.60 Å². The molecule has 5 heteroatoms. The third-order valence-electron chi connectivity index (χ3n) is 2.76. The second-order valence-electron chi connectivity index (χ2n) is 4.97. The zero-order valence-electron chi connectivity index (χ0n) is 11.2. The Morgan fingerprint density at radius 3 is 2.95 bits per heavy atom. The van der Waals surface area contributed by atoms with Gasteiger partial charge in [-0.2, -0.15) is 4.39 Å². The van der Waals surface area contributed by atoms with Crippen LogP contribution in [0.3, 0.4) is 0 Å². The highest BCUT2D eigenvalue weighted by molar-refractivity contribution is 5.73. The highest BCUT2D eigenvalue weighted by atomic mass is 19.1. The largest absolute Gasteiger partial charge is 0.483 e. The number of carbonyl (C=O) groups excluding carboxylic acids is 1. The van der Waals surface area contributed by atoms with Crippen molar-refractivity contribution < 1.29 is 23.4 Å². The Morgan fingerprint density at radius 2 is 2.26 bits per heavy atom. The van der Waals surface area contributed by atoms with E-state index in [0.717, 1.165) is 12.0 Å². The van der Waals surface area contributed by atoms with Crippen LogP contribution in [0.15, 0.2) is 18.2 Å². The van der Waals surface area contributed by atoms with E-state index >= 15 is 0 Å². The van der Waals surface area contributed by atoms with E-state index in [0.29, 0.717) is 5.75 Å². The standard InChI is InChI=1S/C14H17FO4/c1-4-17-13(16)12(15)18-10-7-5-6-9-8-14(2,3)19-11(9)10/h5-7,12H,4,8H2,1-3H3. The summed E-state index contributed by atoms with van der Waals surface area (Å²) >= 11 is 0. The van der Waals surface area contributed by atoms with Crippen LogP contribution < -0.4 is 9.47 Å². The number of carbonyl (C=O) groups is 1. The average molecular weight is 268 g/mol. The Bertz CT molecular complexity index is 484. The first kappa shape index (κ1) is 13.6. The number of fused-ring (bicyclic) bond motifs is 1. The number of ether oxygens (including phenoxy) is 3. The van der Waals surface area contributed by atoms with Crippen LogP contribution in [-0.2, 0) is 16.0 Å². The fourth-order valence-corrected chi connectivity index (χ4v) is 2.05. The number of para-hydroxylation sites is 1. The highest BCUT2D eigenvalue weighted by Crippen LogP contribution is 2.42. The lowest BCUT2D eigenvalue weighted by atomic mass is 10.0. The smallest absolute Gasteiger partial charge is 0.381 e. The molecule has 1 aromatic rings. The summed E-state index contributed by atoms with van der Waals surface area (Å²) in [4.78, 5) is 11.2. The maximum absolute atomic E-state index is 13.6. The van der Waals surface area contributed by atoms with E-state index in [2.05, 4.69) is 4.74 Å². The van der Waals surface area contributed by atoms with Gasteiger partial charge >= 0.3 is 12.3 Å². The fourth-order valence-electron chi connectivity index (χ4n) is 2.05. The van der Waals surface area contributed by atoms with Gasteiger partial charge in [-0.3, -0.25) is 0 Å². The number of hydrogen-bond donors (Lipinski definition) is 0. The van der Waals surface area contributed by atoms with Crippen molar-refractivity contribution in [2.75, 3.05) is 6.61 Å². The van der Waals surface area contributed by atoms with Crippen molar-refractivity contribution in [2.45, 2.75) is 39.2 Å². The molecule has 104 valence electrons. The Hall–Kier alpha value is -1.78. The number of alkyl halides is 1. The van der Waals surface area contributed by atoms with Crippen molar-refractivity contribution in [3.63, 3.8) is 0 Å². The van der Waals surface area contributed by atoms with Crippen LogP contribution in [0.5, 0.6) is 11.5 Å². The number of rotatable bonds is 4. The van der Waals surface area contributed by atoms with Gasteiger partial charge in [0.2, 0.25) is 0 Å². The molecule has 1 heterocycles. The molecule has 0 amide bonds. The topological polar surface area (TPSA) is 44.8 Å². The Kier molecular flexibility index (Phi) is 3.64. The van der Waals surface area contributed by atoms with Gasteiger partial charge in [-0.15, -0.1) is 0 Å². The molecule has 0 saturated carbocycles. The first-order valence-electron chi connectivity index (χ1n) is 6.21. The van der Waals surface area contributed by atoms with E-state index in [9.17, 15) is 9.18 Å². The quantitative estimate of drug-likeness (QED) is 0.787. The molecule has 1 aliphatic rings. The van der Waals surface area contributed by atoms with Crippen molar-refractivity contribution in [1.82, 2.24) is 0 Å². The second-order valence-corrected chi connectivity index (χ2v) is 4.97. The zero-order chi connectivity index (χ0) is 14.0. The van der Waals surface area contributed by atoms with E-state index in [4.69, 9.17) is 9.47 Å². The van der Waals surface area contributed by atoms with E-state index < -0.39 is 12.3 Å². The minimum absolute atomic E-state index is 0.110. The van der Waals surface area contributed by atoms with Crippen LogP contribution in [-0.4, -0.2) is 24.5 Å². The van der Waals surface area contributed by atoms with Crippen molar-refractivity contribution >= 4 is 5.97 Å². The first-order valence-corrected chi connectivity index (χ1v) is 6.21. The third-order valence-corrected chi connectivity index (χ3v) is 2.76. The van der Waals surface area contributed by atoms with Gasteiger partial charge in [0.05, 0.1) is 6.61 Å². The monoisotopic (exact) mass is 268 g/mol. The van der Waals surface area contributed by atoms with E-state index in [-0.39, 0.29) is 18.0 Å². The Morgan fingerprint density at radius 1 is 1.53 bits per heavy atom. The molecule has 0 radical (unpaired) electrons. The fraction of sp³-hybridized carbons (Fsp3) is 0.500.